The average Bonchev–Trinajstić information content (AvgIpc) is 3.59. The first-order chi connectivity index (χ1) is 16.0. The first kappa shape index (κ1) is 21.8. The van der Waals surface area contributed by atoms with Gasteiger partial charge in [-0.05, 0) is 19.1 Å². The molecule has 0 saturated heterocycles. The third-order valence-corrected chi connectivity index (χ3v) is 4.83. The monoisotopic (exact) mass is 450 g/mol. The molecule has 4 aromatic rings. The number of nitrogens with one attached hydrogen (secondary N) is 1. The van der Waals surface area contributed by atoms with Gasteiger partial charge in [0.15, 0.2) is 0 Å². The van der Waals surface area contributed by atoms with E-state index in [0.29, 0.717) is 29.2 Å². The maximum atomic E-state index is 12.1. The third-order valence-electron chi connectivity index (χ3n) is 4.83. The number of hydrogen-bond donors (Lipinski definition) is 1. The molecule has 1 atom stereocenters. The normalized spacial score (nSPS) is 11.8. The van der Waals surface area contributed by atoms with Gasteiger partial charge in [0.2, 0.25) is 0 Å². The van der Waals surface area contributed by atoms with Gasteiger partial charge in [-0.2, -0.15) is 0 Å². The predicted octanol–water partition coefficient (Wildman–Crippen LogP) is 0.222. The lowest BCUT2D eigenvalue weighted by atomic mass is 10.2. The molecule has 13 nitrogen and oxygen atoms in total. The summed E-state index contributed by atoms with van der Waals surface area (Å²) in [7, 11) is 1.32. The van der Waals surface area contributed by atoms with Crippen LogP contribution in [0.5, 0.6) is 0 Å². The fraction of sp³-hybridized carbons (Fsp3) is 0.300. The molecule has 0 aliphatic rings. The minimum absolute atomic E-state index is 0.0146. The smallest absolute Gasteiger partial charge is 0.327 e. The van der Waals surface area contributed by atoms with Crippen molar-refractivity contribution in [2.24, 2.45) is 0 Å². The van der Waals surface area contributed by atoms with Crippen LogP contribution in [-0.2, 0) is 29.2 Å². The van der Waals surface area contributed by atoms with Crippen molar-refractivity contribution in [3.63, 3.8) is 0 Å². The number of amides is 1. The summed E-state index contributed by atoms with van der Waals surface area (Å²) in [6.07, 6.45) is 5.19. The fourth-order valence-electron chi connectivity index (χ4n) is 3.01. The van der Waals surface area contributed by atoms with E-state index in [2.05, 4.69) is 41.0 Å². The molecule has 170 valence electrons. The van der Waals surface area contributed by atoms with Crippen molar-refractivity contribution in [2.45, 2.75) is 32.6 Å². The summed E-state index contributed by atoms with van der Waals surface area (Å²) in [4.78, 5) is 23.5. The van der Waals surface area contributed by atoms with E-state index in [4.69, 9.17) is 0 Å². The van der Waals surface area contributed by atoms with Crippen molar-refractivity contribution < 1.29 is 14.3 Å². The summed E-state index contributed by atoms with van der Waals surface area (Å²) >= 11 is 0. The molecule has 13 heteroatoms. The predicted molar refractivity (Wildman–Crippen MR) is 113 cm³/mol. The summed E-state index contributed by atoms with van der Waals surface area (Å²) in [5.41, 5.74) is 2.52. The molecule has 3 aromatic heterocycles. The molecular formula is C20H22N10O3. The number of aromatic nitrogens is 9. The first-order valence-corrected chi connectivity index (χ1v) is 10.1. The maximum Gasteiger partial charge on any atom is 0.327 e. The van der Waals surface area contributed by atoms with Gasteiger partial charge in [-0.15, -0.1) is 15.3 Å². The number of methoxy groups -OCH3 is 1. The molecule has 1 unspecified atom stereocenters. The summed E-state index contributed by atoms with van der Waals surface area (Å²) in [6, 6.07) is 8.73. The van der Waals surface area contributed by atoms with Crippen molar-refractivity contribution in [1.29, 1.82) is 0 Å². The van der Waals surface area contributed by atoms with Gasteiger partial charge >= 0.3 is 5.97 Å². The van der Waals surface area contributed by atoms with Crippen LogP contribution in [0.3, 0.4) is 0 Å². The highest BCUT2D eigenvalue weighted by molar-refractivity contribution is 5.94. The van der Waals surface area contributed by atoms with Crippen molar-refractivity contribution >= 4 is 11.9 Å². The van der Waals surface area contributed by atoms with Gasteiger partial charge in [-0.3, -0.25) is 9.59 Å². The molecule has 1 aromatic carbocycles. The Morgan fingerprint density at radius 2 is 1.73 bits per heavy atom. The number of ether oxygens (including phenoxy) is 1. The van der Waals surface area contributed by atoms with Gasteiger partial charge < -0.3 is 10.1 Å². The second-order valence-corrected chi connectivity index (χ2v) is 7.24. The van der Waals surface area contributed by atoms with Crippen LogP contribution >= 0.6 is 0 Å². The minimum atomic E-state index is -0.408. The van der Waals surface area contributed by atoms with E-state index in [1.54, 1.807) is 40.1 Å². The number of hydrogen-bond acceptors (Lipinski definition) is 9. The molecule has 0 spiro atoms. The summed E-state index contributed by atoms with van der Waals surface area (Å²) < 4.78 is 9.31. The highest BCUT2D eigenvalue weighted by Crippen LogP contribution is 2.14. The van der Waals surface area contributed by atoms with E-state index in [1.807, 2.05) is 25.1 Å². The number of rotatable bonds is 9. The van der Waals surface area contributed by atoms with Gasteiger partial charge in [0, 0.05) is 5.56 Å². The SMILES string of the molecule is COC(=O)Cn1cc(C(C)n2cc(Cn3cc(CNC(=O)c4ccccc4)nn3)nn2)nn1. The lowest BCUT2D eigenvalue weighted by Crippen LogP contribution is -2.22. The molecule has 1 amide bonds. The number of benzene rings is 1. The van der Waals surface area contributed by atoms with E-state index < -0.39 is 5.97 Å². The molecule has 0 aliphatic heterocycles. The number of carbonyl (C=O) groups excluding carboxylic acids is 2. The molecule has 0 radical (unpaired) electrons. The Morgan fingerprint density at radius 3 is 2.52 bits per heavy atom. The number of esters is 1. The molecule has 4 rings (SSSR count). The van der Waals surface area contributed by atoms with Crippen LogP contribution in [0.2, 0.25) is 0 Å². The zero-order valence-electron chi connectivity index (χ0n) is 18.1. The quantitative estimate of drug-likeness (QED) is 0.354. The molecule has 0 fully saturated rings. The van der Waals surface area contributed by atoms with Crippen LogP contribution in [0.1, 0.15) is 40.4 Å². The fourth-order valence-corrected chi connectivity index (χ4v) is 3.01. The Labute approximate surface area is 188 Å². The zero-order valence-corrected chi connectivity index (χ0v) is 18.1. The van der Waals surface area contributed by atoms with Crippen LogP contribution < -0.4 is 5.32 Å². The van der Waals surface area contributed by atoms with Gasteiger partial charge in [0.05, 0.1) is 44.8 Å². The molecule has 3 heterocycles. The topological polar surface area (TPSA) is 148 Å². The summed E-state index contributed by atoms with van der Waals surface area (Å²) in [5.74, 6) is -0.584. The van der Waals surface area contributed by atoms with Crippen LogP contribution in [0, 0.1) is 0 Å². The Kier molecular flexibility index (Phi) is 6.48. The summed E-state index contributed by atoms with van der Waals surface area (Å²) in [6.45, 7) is 2.51. The van der Waals surface area contributed by atoms with Crippen LogP contribution in [0.25, 0.3) is 0 Å². The van der Waals surface area contributed by atoms with Gasteiger partial charge in [-0.25, -0.2) is 14.0 Å². The molecular weight excluding hydrogens is 428 g/mol. The second kappa shape index (κ2) is 9.80. The van der Waals surface area contributed by atoms with Crippen molar-refractivity contribution in [3.8, 4) is 0 Å². The van der Waals surface area contributed by atoms with Gasteiger partial charge in [-0.1, -0.05) is 33.8 Å². The van der Waals surface area contributed by atoms with Gasteiger partial charge in [0.1, 0.15) is 23.6 Å². The Hall–Kier alpha value is -4.42. The molecule has 0 saturated carbocycles. The van der Waals surface area contributed by atoms with E-state index in [-0.39, 0.29) is 25.0 Å². The maximum absolute atomic E-state index is 12.1. The Morgan fingerprint density at radius 1 is 0.970 bits per heavy atom. The van der Waals surface area contributed by atoms with E-state index in [1.165, 1.54) is 11.8 Å². The van der Waals surface area contributed by atoms with E-state index in [0.717, 1.165) is 0 Å². The van der Waals surface area contributed by atoms with E-state index >= 15 is 0 Å². The zero-order chi connectivity index (χ0) is 23.2. The average molecular weight is 450 g/mol. The van der Waals surface area contributed by atoms with Crippen LogP contribution in [0.15, 0.2) is 48.9 Å². The number of carbonyl (C=O) groups is 2. The minimum Gasteiger partial charge on any atom is -0.468 e. The standard InChI is InChI=1S/C20H22N10O3/c1-14(18-12-29(26-24-18)13-19(31)33-2)30-11-17(23-27-30)10-28-9-16(22-25-28)8-21-20(32)15-6-4-3-5-7-15/h3-7,9,11-12,14H,8,10,13H2,1-2H3,(H,21,32). The highest BCUT2D eigenvalue weighted by atomic mass is 16.5. The van der Waals surface area contributed by atoms with Crippen molar-refractivity contribution in [3.05, 3.63) is 71.6 Å². The molecule has 33 heavy (non-hydrogen) atoms. The lowest BCUT2D eigenvalue weighted by Gasteiger charge is -2.06. The van der Waals surface area contributed by atoms with Crippen molar-refractivity contribution in [1.82, 2.24) is 50.3 Å². The van der Waals surface area contributed by atoms with Crippen LogP contribution in [-0.4, -0.2) is 64.0 Å². The third kappa shape index (κ3) is 5.44. The molecule has 1 N–H and O–H groups in total. The molecule has 0 bridgehead atoms. The van der Waals surface area contributed by atoms with E-state index in [9.17, 15) is 9.59 Å². The Bertz CT molecular complexity index is 1230. The number of nitrogens with zero attached hydrogens (tertiary/aromatic N) is 9. The second-order valence-electron chi connectivity index (χ2n) is 7.24. The van der Waals surface area contributed by atoms with Crippen LogP contribution in [0.4, 0.5) is 0 Å². The lowest BCUT2D eigenvalue weighted by molar-refractivity contribution is -0.141. The first-order valence-electron chi connectivity index (χ1n) is 10.1. The Balaban J connectivity index is 1.33. The van der Waals surface area contributed by atoms with Crippen molar-refractivity contribution in [2.75, 3.05) is 7.11 Å². The summed E-state index contributed by atoms with van der Waals surface area (Å²) in [5, 5.41) is 27.3. The van der Waals surface area contributed by atoms with Gasteiger partial charge in [0.25, 0.3) is 5.91 Å². The largest absolute Gasteiger partial charge is 0.468 e. The highest BCUT2D eigenvalue weighted by Gasteiger charge is 2.16. The molecule has 0 aliphatic carbocycles.